The van der Waals surface area contributed by atoms with Crippen molar-refractivity contribution in [2.75, 3.05) is 6.54 Å². The Kier molecular flexibility index (Phi) is 4.34. The van der Waals surface area contributed by atoms with Crippen molar-refractivity contribution in [1.82, 2.24) is 15.2 Å². The number of amides is 1. The molecule has 1 aromatic heterocycles. The lowest BCUT2D eigenvalue weighted by Crippen LogP contribution is -2.58. The molecular formula is C14H23N3O2S. The van der Waals surface area contributed by atoms with E-state index in [-0.39, 0.29) is 24.2 Å². The zero-order valence-electron chi connectivity index (χ0n) is 12.7. The molecule has 2 heterocycles. The minimum atomic E-state index is -0.484. The summed E-state index contributed by atoms with van der Waals surface area (Å²) in [4.78, 5) is 18.6. The zero-order valence-corrected chi connectivity index (χ0v) is 13.5. The van der Waals surface area contributed by atoms with E-state index < -0.39 is 5.60 Å². The molecule has 6 heteroatoms. The van der Waals surface area contributed by atoms with Gasteiger partial charge in [0.2, 0.25) is 0 Å². The first-order valence-electron chi connectivity index (χ1n) is 6.93. The Morgan fingerprint density at radius 1 is 1.50 bits per heavy atom. The van der Waals surface area contributed by atoms with E-state index in [1.165, 1.54) is 0 Å². The lowest BCUT2D eigenvalue weighted by atomic mass is 10.0. The van der Waals surface area contributed by atoms with Gasteiger partial charge in [0, 0.05) is 30.2 Å². The Morgan fingerprint density at radius 2 is 2.20 bits per heavy atom. The first-order valence-corrected chi connectivity index (χ1v) is 7.81. The van der Waals surface area contributed by atoms with Crippen LogP contribution in [0.1, 0.15) is 45.7 Å². The van der Waals surface area contributed by atoms with Gasteiger partial charge in [0.1, 0.15) is 16.7 Å². The molecule has 3 atom stereocenters. The Labute approximate surface area is 124 Å². The number of hydrogen-bond acceptors (Lipinski definition) is 5. The van der Waals surface area contributed by atoms with Crippen LogP contribution in [-0.4, -0.2) is 40.2 Å². The van der Waals surface area contributed by atoms with Gasteiger partial charge in [-0.1, -0.05) is 0 Å². The van der Waals surface area contributed by atoms with E-state index >= 15 is 0 Å². The minimum absolute atomic E-state index is 0.0685. The third-order valence-electron chi connectivity index (χ3n) is 3.16. The third kappa shape index (κ3) is 3.49. The van der Waals surface area contributed by atoms with Gasteiger partial charge >= 0.3 is 6.09 Å². The molecular weight excluding hydrogens is 274 g/mol. The minimum Gasteiger partial charge on any atom is -0.444 e. The van der Waals surface area contributed by atoms with Gasteiger partial charge in [0.25, 0.3) is 0 Å². The molecule has 0 aliphatic carbocycles. The van der Waals surface area contributed by atoms with Crippen LogP contribution in [0.3, 0.4) is 0 Å². The molecule has 0 bridgehead atoms. The van der Waals surface area contributed by atoms with Crippen LogP contribution in [0.2, 0.25) is 0 Å². The fourth-order valence-corrected chi connectivity index (χ4v) is 3.36. The van der Waals surface area contributed by atoms with Crippen molar-refractivity contribution in [3.63, 3.8) is 0 Å². The molecule has 1 fully saturated rings. The molecule has 112 valence electrons. The number of aromatic nitrogens is 1. The standard InChI is InChI=1S/C14H23N3O2S/c1-9-8-17(13(18)19-14(3,4)5)11(10(2)16-9)12-15-6-7-20-12/h6-7,9-11,16H,8H2,1-5H3. The molecule has 1 aliphatic rings. The van der Waals surface area contributed by atoms with Crippen LogP contribution in [-0.2, 0) is 4.74 Å². The average molecular weight is 297 g/mol. The van der Waals surface area contributed by atoms with Crippen LogP contribution in [0.5, 0.6) is 0 Å². The number of carbonyl (C=O) groups is 1. The average Bonchev–Trinajstić information content (AvgIpc) is 2.78. The number of thiazole rings is 1. The summed E-state index contributed by atoms with van der Waals surface area (Å²) in [6, 6.07) is 0.326. The van der Waals surface area contributed by atoms with Gasteiger partial charge in [-0.15, -0.1) is 11.3 Å². The van der Waals surface area contributed by atoms with E-state index in [2.05, 4.69) is 24.1 Å². The molecule has 3 unspecified atom stereocenters. The maximum atomic E-state index is 12.5. The van der Waals surface area contributed by atoms with Crippen molar-refractivity contribution >= 4 is 17.4 Å². The van der Waals surface area contributed by atoms with E-state index in [1.807, 2.05) is 26.2 Å². The van der Waals surface area contributed by atoms with Crippen molar-refractivity contribution in [3.8, 4) is 0 Å². The van der Waals surface area contributed by atoms with E-state index in [0.29, 0.717) is 6.54 Å². The number of carbonyl (C=O) groups excluding carboxylic acids is 1. The van der Waals surface area contributed by atoms with E-state index in [1.54, 1.807) is 22.4 Å². The fraction of sp³-hybridized carbons (Fsp3) is 0.714. The summed E-state index contributed by atoms with van der Waals surface area (Å²) in [6.07, 6.45) is 1.51. The van der Waals surface area contributed by atoms with Gasteiger partial charge in [-0.05, 0) is 34.6 Å². The molecule has 0 spiro atoms. The Bertz CT molecular complexity index is 455. The maximum Gasteiger partial charge on any atom is 0.410 e. The highest BCUT2D eigenvalue weighted by Crippen LogP contribution is 2.31. The zero-order chi connectivity index (χ0) is 14.9. The van der Waals surface area contributed by atoms with Crippen LogP contribution in [0.25, 0.3) is 0 Å². The smallest absolute Gasteiger partial charge is 0.410 e. The lowest BCUT2D eigenvalue weighted by molar-refractivity contribution is 0.00127. The van der Waals surface area contributed by atoms with Crippen molar-refractivity contribution in [2.24, 2.45) is 0 Å². The molecule has 5 nitrogen and oxygen atoms in total. The van der Waals surface area contributed by atoms with Gasteiger partial charge in [0.05, 0.1) is 0 Å². The van der Waals surface area contributed by atoms with Crippen molar-refractivity contribution in [3.05, 3.63) is 16.6 Å². The first-order chi connectivity index (χ1) is 9.28. The second-order valence-electron chi connectivity index (χ2n) is 6.30. The lowest BCUT2D eigenvalue weighted by Gasteiger charge is -2.42. The monoisotopic (exact) mass is 297 g/mol. The summed E-state index contributed by atoms with van der Waals surface area (Å²) >= 11 is 1.57. The predicted octanol–water partition coefficient (Wildman–Crippen LogP) is 2.80. The highest BCUT2D eigenvalue weighted by atomic mass is 32.1. The van der Waals surface area contributed by atoms with E-state index in [0.717, 1.165) is 5.01 Å². The van der Waals surface area contributed by atoms with Crippen molar-refractivity contribution < 1.29 is 9.53 Å². The maximum absolute atomic E-state index is 12.5. The van der Waals surface area contributed by atoms with Crippen LogP contribution in [0.15, 0.2) is 11.6 Å². The quantitative estimate of drug-likeness (QED) is 0.866. The molecule has 0 saturated carbocycles. The summed E-state index contributed by atoms with van der Waals surface area (Å²) in [5.41, 5.74) is -0.484. The molecule has 1 amide bonds. The Morgan fingerprint density at radius 3 is 2.75 bits per heavy atom. The second kappa shape index (κ2) is 5.69. The van der Waals surface area contributed by atoms with Gasteiger partial charge in [-0.2, -0.15) is 0 Å². The predicted molar refractivity (Wildman–Crippen MR) is 79.9 cm³/mol. The number of hydrogen-bond donors (Lipinski definition) is 1. The number of nitrogens with one attached hydrogen (secondary N) is 1. The SMILES string of the molecule is CC1CN(C(=O)OC(C)(C)C)C(c2nccs2)C(C)N1. The summed E-state index contributed by atoms with van der Waals surface area (Å²) in [5.74, 6) is 0. The first kappa shape index (κ1) is 15.3. The van der Waals surface area contributed by atoms with Crippen LogP contribution in [0, 0.1) is 0 Å². The summed E-state index contributed by atoms with van der Waals surface area (Å²) in [5, 5.41) is 6.37. The normalized spacial score (nSPS) is 27.4. The van der Waals surface area contributed by atoms with Crippen LogP contribution < -0.4 is 5.32 Å². The summed E-state index contributed by atoms with van der Waals surface area (Å²) < 4.78 is 5.54. The van der Waals surface area contributed by atoms with Crippen molar-refractivity contribution in [1.29, 1.82) is 0 Å². The molecule has 1 saturated heterocycles. The van der Waals surface area contributed by atoms with Gasteiger partial charge in [-0.3, -0.25) is 4.90 Å². The third-order valence-corrected chi connectivity index (χ3v) is 4.01. The summed E-state index contributed by atoms with van der Waals surface area (Å²) in [6.45, 7) is 10.4. The number of piperazine rings is 1. The highest BCUT2D eigenvalue weighted by molar-refractivity contribution is 7.09. The molecule has 0 aromatic carbocycles. The second-order valence-corrected chi connectivity index (χ2v) is 7.23. The number of rotatable bonds is 1. The topological polar surface area (TPSA) is 54.5 Å². The molecule has 2 rings (SSSR count). The molecule has 20 heavy (non-hydrogen) atoms. The number of nitrogens with zero attached hydrogens (tertiary/aromatic N) is 2. The van der Waals surface area contributed by atoms with Gasteiger partial charge in [0.15, 0.2) is 0 Å². The summed E-state index contributed by atoms with van der Waals surface area (Å²) in [7, 11) is 0. The Hall–Kier alpha value is -1.14. The molecule has 1 N–H and O–H groups in total. The van der Waals surface area contributed by atoms with Crippen LogP contribution in [0.4, 0.5) is 4.79 Å². The number of ether oxygens (including phenoxy) is 1. The largest absolute Gasteiger partial charge is 0.444 e. The van der Waals surface area contributed by atoms with Crippen LogP contribution >= 0.6 is 11.3 Å². The molecule has 1 aliphatic heterocycles. The fourth-order valence-electron chi connectivity index (χ4n) is 2.51. The Balaban J connectivity index is 2.23. The van der Waals surface area contributed by atoms with Gasteiger partial charge < -0.3 is 10.1 Å². The van der Waals surface area contributed by atoms with Crippen molar-refractivity contribution in [2.45, 2.75) is 58.3 Å². The highest BCUT2D eigenvalue weighted by Gasteiger charge is 2.39. The van der Waals surface area contributed by atoms with Gasteiger partial charge in [-0.25, -0.2) is 9.78 Å². The van der Waals surface area contributed by atoms with E-state index in [9.17, 15) is 4.79 Å². The molecule has 0 radical (unpaired) electrons. The van der Waals surface area contributed by atoms with E-state index in [4.69, 9.17) is 4.74 Å². The molecule has 1 aromatic rings.